The average molecular weight is 367 g/mol. The zero-order chi connectivity index (χ0) is 17.9. The molecule has 0 aliphatic heterocycles. The van der Waals surface area contributed by atoms with Gasteiger partial charge < -0.3 is 10.6 Å². The molecule has 0 aliphatic rings. The number of rotatable bonds is 5. The topological polar surface area (TPSA) is 95.6 Å². The van der Waals surface area contributed by atoms with E-state index in [1.165, 1.54) is 56.7 Å². The van der Waals surface area contributed by atoms with Gasteiger partial charge in [0.15, 0.2) is 0 Å². The standard InChI is InChI=1S/C15H17N3O4S2/c1-16-14(20)12-8-9-23-15(12)17-13(19)10-4-6-11(7-5-10)24(21,22)18(2)3/h4-9H,1-3H3,(H,16,20)(H,17,19). The van der Waals surface area contributed by atoms with Crippen molar-refractivity contribution in [3.8, 4) is 0 Å². The second-order valence-electron chi connectivity index (χ2n) is 5.01. The predicted molar refractivity (Wildman–Crippen MR) is 93.0 cm³/mol. The predicted octanol–water partition coefficient (Wildman–Crippen LogP) is 1.61. The maximum absolute atomic E-state index is 12.3. The van der Waals surface area contributed by atoms with Crippen LogP contribution in [0.3, 0.4) is 0 Å². The fourth-order valence-corrected chi connectivity index (χ4v) is 3.57. The molecule has 0 saturated carbocycles. The summed E-state index contributed by atoms with van der Waals surface area (Å²) >= 11 is 1.23. The lowest BCUT2D eigenvalue weighted by Gasteiger charge is -2.11. The van der Waals surface area contributed by atoms with Gasteiger partial charge in [0.05, 0.1) is 10.5 Å². The number of nitrogens with zero attached hydrogens (tertiary/aromatic N) is 1. The first-order valence-electron chi connectivity index (χ1n) is 6.91. The summed E-state index contributed by atoms with van der Waals surface area (Å²) in [6, 6.07) is 7.22. The van der Waals surface area contributed by atoms with Gasteiger partial charge in [0.25, 0.3) is 11.8 Å². The summed E-state index contributed by atoms with van der Waals surface area (Å²) in [5.41, 5.74) is 0.673. The highest BCUT2D eigenvalue weighted by Gasteiger charge is 2.18. The van der Waals surface area contributed by atoms with Crippen LogP contribution in [0.4, 0.5) is 5.00 Å². The molecule has 7 nitrogen and oxygen atoms in total. The van der Waals surface area contributed by atoms with Gasteiger partial charge in [-0.2, -0.15) is 0 Å². The van der Waals surface area contributed by atoms with Crippen molar-refractivity contribution < 1.29 is 18.0 Å². The zero-order valence-corrected chi connectivity index (χ0v) is 15.0. The van der Waals surface area contributed by atoms with Gasteiger partial charge in [-0.25, -0.2) is 12.7 Å². The molecule has 0 radical (unpaired) electrons. The Morgan fingerprint density at radius 3 is 2.21 bits per heavy atom. The molecule has 0 unspecified atom stereocenters. The molecule has 1 heterocycles. The van der Waals surface area contributed by atoms with E-state index < -0.39 is 15.9 Å². The number of anilines is 1. The van der Waals surface area contributed by atoms with Gasteiger partial charge >= 0.3 is 0 Å². The Morgan fingerprint density at radius 1 is 1.04 bits per heavy atom. The van der Waals surface area contributed by atoms with Gasteiger partial charge in [0.2, 0.25) is 10.0 Å². The molecule has 2 aromatic rings. The largest absolute Gasteiger partial charge is 0.355 e. The summed E-state index contributed by atoms with van der Waals surface area (Å²) in [5.74, 6) is -0.713. The molecule has 0 saturated heterocycles. The molecule has 9 heteroatoms. The minimum Gasteiger partial charge on any atom is -0.355 e. The van der Waals surface area contributed by atoms with Crippen molar-refractivity contribution in [2.75, 3.05) is 26.5 Å². The molecule has 1 aromatic heterocycles. The number of amides is 2. The van der Waals surface area contributed by atoms with E-state index in [4.69, 9.17) is 0 Å². The van der Waals surface area contributed by atoms with E-state index in [9.17, 15) is 18.0 Å². The number of hydrogen-bond donors (Lipinski definition) is 2. The maximum atomic E-state index is 12.3. The van der Waals surface area contributed by atoms with Crippen molar-refractivity contribution >= 4 is 38.2 Å². The van der Waals surface area contributed by atoms with E-state index in [-0.39, 0.29) is 10.8 Å². The van der Waals surface area contributed by atoms with Crippen molar-refractivity contribution in [3.05, 3.63) is 46.8 Å². The van der Waals surface area contributed by atoms with Crippen LogP contribution in [0, 0.1) is 0 Å². The average Bonchev–Trinajstić information content (AvgIpc) is 3.02. The Kier molecular flexibility index (Phi) is 5.37. The molecule has 2 amide bonds. The normalized spacial score (nSPS) is 11.3. The SMILES string of the molecule is CNC(=O)c1ccsc1NC(=O)c1ccc(S(=O)(=O)N(C)C)cc1. The summed E-state index contributed by atoms with van der Waals surface area (Å²) in [6.07, 6.45) is 0. The van der Waals surface area contributed by atoms with Crippen LogP contribution in [0.5, 0.6) is 0 Å². The second-order valence-corrected chi connectivity index (χ2v) is 8.08. The summed E-state index contributed by atoms with van der Waals surface area (Å²) in [6.45, 7) is 0. The molecular weight excluding hydrogens is 350 g/mol. The lowest BCUT2D eigenvalue weighted by atomic mass is 10.2. The van der Waals surface area contributed by atoms with Crippen molar-refractivity contribution in [1.82, 2.24) is 9.62 Å². The molecule has 0 spiro atoms. The second kappa shape index (κ2) is 7.12. The van der Waals surface area contributed by atoms with Gasteiger partial charge in [-0.05, 0) is 35.7 Å². The molecule has 1 aromatic carbocycles. The van der Waals surface area contributed by atoms with Crippen molar-refractivity contribution in [1.29, 1.82) is 0 Å². The first-order valence-corrected chi connectivity index (χ1v) is 9.23. The number of thiophene rings is 1. The van der Waals surface area contributed by atoms with E-state index in [0.29, 0.717) is 16.1 Å². The minimum atomic E-state index is -3.54. The summed E-state index contributed by atoms with van der Waals surface area (Å²) in [4.78, 5) is 24.1. The Hall–Kier alpha value is -2.23. The summed E-state index contributed by atoms with van der Waals surface area (Å²) in [7, 11) is 0.845. The molecule has 128 valence electrons. The molecule has 0 fully saturated rings. The third kappa shape index (κ3) is 3.64. The lowest BCUT2D eigenvalue weighted by Crippen LogP contribution is -2.22. The molecule has 0 bridgehead atoms. The number of sulfonamides is 1. The molecule has 2 rings (SSSR count). The van der Waals surface area contributed by atoms with Gasteiger partial charge in [-0.15, -0.1) is 11.3 Å². The lowest BCUT2D eigenvalue weighted by molar-refractivity contribution is 0.0964. The highest BCUT2D eigenvalue weighted by Crippen LogP contribution is 2.24. The highest BCUT2D eigenvalue weighted by molar-refractivity contribution is 7.89. The smallest absolute Gasteiger partial charge is 0.256 e. The monoisotopic (exact) mass is 367 g/mol. The third-order valence-electron chi connectivity index (χ3n) is 3.26. The van der Waals surface area contributed by atoms with Crippen LogP contribution in [-0.4, -0.2) is 45.7 Å². The van der Waals surface area contributed by atoms with Crippen LogP contribution in [0.15, 0.2) is 40.6 Å². The van der Waals surface area contributed by atoms with E-state index in [2.05, 4.69) is 10.6 Å². The molecule has 24 heavy (non-hydrogen) atoms. The van der Waals surface area contributed by atoms with Gasteiger partial charge in [0, 0.05) is 26.7 Å². The summed E-state index contributed by atoms with van der Waals surface area (Å²) in [5, 5.41) is 7.30. The van der Waals surface area contributed by atoms with Crippen molar-refractivity contribution in [2.45, 2.75) is 4.90 Å². The fourth-order valence-electron chi connectivity index (χ4n) is 1.88. The first kappa shape index (κ1) is 18.1. The minimum absolute atomic E-state index is 0.103. The highest BCUT2D eigenvalue weighted by atomic mass is 32.2. The van der Waals surface area contributed by atoms with Crippen LogP contribution >= 0.6 is 11.3 Å². The first-order chi connectivity index (χ1) is 11.3. The van der Waals surface area contributed by atoms with Crippen molar-refractivity contribution in [2.24, 2.45) is 0 Å². The molecule has 0 atom stereocenters. The van der Waals surface area contributed by atoms with Gasteiger partial charge in [-0.3, -0.25) is 9.59 Å². The third-order valence-corrected chi connectivity index (χ3v) is 5.92. The molecule has 2 N–H and O–H groups in total. The maximum Gasteiger partial charge on any atom is 0.256 e. The van der Waals surface area contributed by atoms with Crippen molar-refractivity contribution in [3.63, 3.8) is 0 Å². The number of nitrogens with one attached hydrogen (secondary N) is 2. The van der Waals surface area contributed by atoms with Crippen LogP contribution in [-0.2, 0) is 10.0 Å². The van der Waals surface area contributed by atoms with E-state index >= 15 is 0 Å². The Balaban J connectivity index is 2.20. The number of carbonyl (C=O) groups is 2. The van der Waals surface area contributed by atoms with E-state index in [0.717, 1.165) is 4.31 Å². The Bertz CT molecular complexity index is 855. The van der Waals surface area contributed by atoms with Crippen LogP contribution in [0.1, 0.15) is 20.7 Å². The van der Waals surface area contributed by atoms with Crippen LogP contribution in [0.25, 0.3) is 0 Å². The Morgan fingerprint density at radius 2 is 1.67 bits per heavy atom. The number of carbonyl (C=O) groups excluding carboxylic acids is 2. The number of hydrogen-bond acceptors (Lipinski definition) is 5. The van der Waals surface area contributed by atoms with Gasteiger partial charge in [0.1, 0.15) is 5.00 Å². The van der Waals surface area contributed by atoms with Gasteiger partial charge in [-0.1, -0.05) is 0 Å². The van der Waals surface area contributed by atoms with Crippen LogP contribution < -0.4 is 10.6 Å². The quantitative estimate of drug-likeness (QED) is 0.839. The Labute approximate surface area is 144 Å². The summed E-state index contributed by atoms with van der Waals surface area (Å²) < 4.78 is 25.1. The van der Waals surface area contributed by atoms with Crippen LogP contribution in [0.2, 0.25) is 0 Å². The van der Waals surface area contributed by atoms with E-state index in [1.807, 2.05) is 0 Å². The number of benzene rings is 1. The van der Waals surface area contributed by atoms with E-state index in [1.54, 1.807) is 11.4 Å². The zero-order valence-electron chi connectivity index (χ0n) is 13.4. The molecular formula is C15H17N3O4S2. The fraction of sp³-hybridized carbons (Fsp3) is 0.200. The molecule has 0 aliphatic carbocycles.